The fourth-order valence-corrected chi connectivity index (χ4v) is 2.94. The molecule has 0 spiro atoms. The van der Waals surface area contributed by atoms with Gasteiger partial charge in [-0.1, -0.05) is 26.8 Å². The Morgan fingerprint density at radius 2 is 2.06 bits per heavy atom. The molecule has 1 atom stereocenters. The molecule has 0 radical (unpaired) electrons. The van der Waals surface area contributed by atoms with Gasteiger partial charge in [0.05, 0.1) is 0 Å². The van der Waals surface area contributed by atoms with Crippen molar-refractivity contribution in [2.24, 2.45) is 5.92 Å². The Balaban J connectivity index is 2.59. The lowest BCUT2D eigenvalue weighted by Gasteiger charge is -2.19. The van der Waals surface area contributed by atoms with Crippen LogP contribution in [0.1, 0.15) is 44.4 Å². The zero-order chi connectivity index (χ0) is 13.4. The van der Waals surface area contributed by atoms with E-state index in [0.717, 1.165) is 18.2 Å². The Bertz CT molecular complexity index is 339. The van der Waals surface area contributed by atoms with Gasteiger partial charge < -0.3 is 5.32 Å². The Morgan fingerprint density at radius 1 is 1.28 bits per heavy atom. The molecule has 0 aliphatic rings. The van der Waals surface area contributed by atoms with E-state index in [2.05, 4.69) is 44.1 Å². The molecule has 0 aliphatic heterocycles. The summed E-state index contributed by atoms with van der Waals surface area (Å²) >= 11 is 2.03. The van der Waals surface area contributed by atoms with Gasteiger partial charge in [-0.3, -0.25) is 4.98 Å². The van der Waals surface area contributed by atoms with Crippen LogP contribution in [0.5, 0.6) is 0 Å². The zero-order valence-electron chi connectivity index (χ0n) is 12.1. The average Bonchev–Trinajstić information content (AvgIpc) is 2.33. The van der Waals surface area contributed by atoms with Crippen LogP contribution in [0.15, 0.2) is 18.5 Å². The molecule has 1 aromatic rings. The number of hydrogen-bond acceptors (Lipinski definition) is 3. The van der Waals surface area contributed by atoms with Gasteiger partial charge in [0.25, 0.3) is 0 Å². The molecule has 0 saturated carbocycles. The molecule has 1 aromatic heterocycles. The topological polar surface area (TPSA) is 24.9 Å². The average molecular weight is 266 g/mol. The molecule has 2 nitrogen and oxygen atoms in total. The maximum Gasteiger partial charge on any atom is 0.0427 e. The van der Waals surface area contributed by atoms with Crippen LogP contribution in [0, 0.1) is 12.8 Å². The maximum absolute atomic E-state index is 4.31. The second-order valence-electron chi connectivity index (χ2n) is 5.23. The van der Waals surface area contributed by atoms with Crippen molar-refractivity contribution in [1.29, 1.82) is 0 Å². The monoisotopic (exact) mass is 266 g/mol. The Hall–Kier alpha value is -0.540. The molecule has 1 rings (SSSR count). The molecule has 0 bridgehead atoms. The number of nitrogens with zero attached hydrogens (tertiary/aromatic N) is 1. The first-order valence-electron chi connectivity index (χ1n) is 6.86. The Labute approximate surface area is 116 Å². The van der Waals surface area contributed by atoms with E-state index in [1.165, 1.54) is 23.3 Å². The van der Waals surface area contributed by atoms with Crippen LogP contribution in [0.25, 0.3) is 0 Å². The van der Waals surface area contributed by atoms with Gasteiger partial charge in [-0.2, -0.15) is 11.8 Å². The Kier molecular flexibility index (Phi) is 7.36. The van der Waals surface area contributed by atoms with Crippen LogP contribution in [0.2, 0.25) is 0 Å². The SMILES string of the molecule is CCCNC(CSCC(C)C)c1cncc(C)c1. The third-order valence-electron chi connectivity index (χ3n) is 2.67. The first-order valence-corrected chi connectivity index (χ1v) is 8.01. The molecule has 0 amide bonds. The van der Waals surface area contributed by atoms with Gasteiger partial charge in [-0.15, -0.1) is 0 Å². The summed E-state index contributed by atoms with van der Waals surface area (Å²) < 4.78 is 0. The van der Waals surface area contributed by atoms with Crippen LogP contribution >= 0.6 is 11.8 Å². The van der Waals surface area contributed by atoms with E-state index in [1.54, 1.807) is 0 Å². The van der Waals surface area contributed by atoms with E-state index < -0.39 is 0 Å². The summed E-state index contributed by atoms with van der Waals surface area (Å²) in [6.07, 6.45) is 5.09. The summed E-state index contributed by atoms with van der Waals surface area (Å²) in [5.41, 5.74) is 2.56. The van der Waals surface area contributed by atoms with E-state index >= 15 is 0 Å². The lowest BCUT2D eigenvalue weighted by atomic mass is 10.1. The normalized spacial score (nSPS) is 12.9. The summed E-state index contributed by atoms with van der Waals surface area (Å²) in [6, 6.07) is 2.68. The molecule has 3 heteroatoms. The molecule has 0 aromatic carbocycles. The van der Waals surface area contributed by atoms with E-state index in [-0.39, 0.29) is 0 Å². The molecule has 0 aliphatic carbocycles. The number of rotatable bonds is 8. The number of hydrogen-bond donors (Lipinski definition) is 1. The smallest absolute Gasteiger partial charge is 0.0427 e. The molecule has 1 heterocycles. The first kappa shape index (κ1) is 15.5. The van der Waals surface area contributed by atoms with Gasteiger partial charge in [0.2, 0.25) is 0 Å². The van der Waals surface area contributed by atoms with Crippen molar-refractivity contribution in [3.05, 3.63) is 29.6 Å². The minimum absolute atomic E-state index is 0.432. The highest BCUT2D eigenvalue weighted by atomic mass is 32.2. The van der Waals surface area contributed by atoms with Crippen molar-refractivity contribution in [3.8, 4) is 0 Å². The number of aryl methyl sites for hydroxylation is 1. The molecular weight excluding hydrogens is 240 g/mol. The molecule has 0 fully saturated rings. The number of nitrogens with one attached hydrogen (secondary N) is 1. The maximum atomic E-state index is 4.31. The van der Waals surface area contributed by atoms with E-state index in [0.29, 0.717) is 6.04 Å². The van der Waals surface area contributed by atoms with Crippen LogP contribution in [-0.2, 0) is 0 Å². The highest BCUT2D eigenvalue weighted by molar-refractivity contribution is 7.99. The van der Waals surface area contributed by atoms with Crippen molar-refractivity contribution in [2.45, 2.75) is 40.2 Å². The van der Waals surface area contributed by atoms with Crippen LogP contribution < -0.4 is 5.32 Å². The third-order valence-corrected chi connectivity index (χ3v) is 4.15. The number of thioether (sulfide) groups is 1. The standard InChI is InChI=1S/C15H26N2S/c1-5-6-17-15(11-18-10-12(2)3)14-7-13(4)8-16-9-14/h7-9,12,15,17H,5-6,10-11H2,1-4H3. The van der Waals surface area contributed by atoms with Crippen molar-refractivity contribution < 1.29 is 0 Å². The largest absolute Gasteiger partial charge is 0.309 e. The first-order chi connectivity index (χ1) is 8.63. The van der Waals surface area contributed by atoms with Crippen molar-refractivity contribution in [1.82, 2.24) is 10.3 Å². The summed E-state index contributed by atoms with van der Waals surface area (Å²) in [4.78, 5) is 4.31. The molecular formula is C15H26N2S. The Morgan fingerprint density at radius 3 is 2.67 bits per heavy atom. The van der Waals surface area contributed by atoms with Crippen LogP contribution in [-0.4, -0.2) is 23.0 Å². The van der Waals surface area contributed by atoms with E-state index in [1.807, 2.05) is 24.2 Å². The van der Waals surface area contributed by atoms with E-state index in [9.17, 15) is 0 Å². The lowest BCUT2D eigenvalue weighted by molar-refractivity contribution is 0.575. The van der Waals surface area contributed by atoms with Crippen LogP contribution in [0.3, 0.4) is 0 Å². The van der Waals surface area contributed by atoms with Gasteiger partial charge in [-0.05, 0) is 42.7 Å². The molecule has 102 valence electrons. The summed E-state index contributed by atoms with van der Waals surface area (Å²) in [5, 5.41) is 3.63. The predicted molar refractivity (Wildman–Crippen MR) is 82.2 cm³/mol. The third kappa shape index (κ3) is 5.87. The molecule has 18 heavy (non-hydrogen) atoms. The highest BCUT2D eigenvalue weighted by Crippen LogP contribution is 2.20. The van der Waals surface area contributed by atoms with Gasteiger partial charge in [0.15, 0.2) is 0 Å². The van der Waals surface area contributed by atoms with Crippen molar-refractivity contribution in [3.63, 3.8) is 0 Å². The number of pyridine rings is 1. The van der Waals surface area contributed by atoms with E-state index in [4.69, 9.17) is 0 Å². The summed E-state index contributed by atoms with van der Waals surface area (Å²) in [5.74, 6) is 3.12. The van der Waals surface area contributed by atoms with Gasteiger partial charge in [-0.25, -0.2) is 0 Å². The van der Waals surface area contributed by atoms with Gasteiger partial charge in [0.1, 0.15) is 0 Å². The predicted octanol–water partition coefficient (Wildman–Crippen LogP) is 3.82. The molecule has 1 N–H and O–H groups in total. The zero-order valence-corrected chi connectivity index (χ0v) is 12.9. The second-order valence-corrected chi connectivity index (χ2v) is 6.31. The van der Waals surface area contributed by atoms with Gasteiger partial charge in [0, 0.05) is 24.2 Å². The van der Waals surface area contributed by atoms with Crippen LogP contribution in [0.4, 0.5) is 0 Å². The molecule has 1 unspecified atom stereocenters. The highest BCUT2D eigenvalue weighted by Gasteiger charge is 2.11. The van der Waals surface area contributed by atoms with Crippen molar-refractivity contribution in [2.75, 3.05) is 18.1 Å². The minimum atomic E-state index is 0.432. The lowest BCUT2D eigenvalue weighted by Crippen LogP contribution is -2.24. The fraction of sp³-hybridized carbons (Fsp3) is 0.667. The summed E-state index contributed by atoms with van der Waals surface area (Å²) in [6.45, 7) is 9.93. The van der Waals surface area contributed by atoms with Gasteiger partial charge >= 0.3 is 0 Å². The van der Waals surface area contributed by atoms with Crippen molar-refractivity contribution >= 4 is 11.8 Å². The summed E-state index contributed by atoms with van der Waals surface area (Å²) in [7, 11) is 0. The number of aromatic nitrogens is 1. The minimum Gasteiger partial charge on any atom is -0.309 e. The molecule has 0 saturated heterocycles. The quantitative estimate of drug-likeness (QED) is 0.774. The second kappa shape index (κ2) is 8.54. The fourth-order valence-electron chi connectivity index (χ4n) is 1.78.